The first kappa shape index (κ1) is 33.4. The highest BCUT2D eigenvalue weighted by Gasteiger charge is 2.65. The van der Waals surface area contributed by atoms with Crippen LogP contribution in [0.3, 0.4) is 0 Å². The molecule has 3 heterocycles. The van der Waals surface area contributed by atoms with E-state index in [2.05, 4.69) is 15.0 Å². The van der Waals surface area contributed by atoms with Crippen LogP contribution in [-0.2, 0) is 19.9 Å². The summed E-state index contributed by atoms with van der Waals surface area (Å²) in [5.74, 6) is -1.47. The Morgan fingerprint density at radius 2 is 1.74 bits per heavy atom. The molecule has 0 radical (unpaired) electrons. The number of para-hydroxylation sites is 1. The summed E-state index contributed by atoms with van der Waals surface area (Å²) in [5.41, 5.74) is 0.250. The number of primary amides is 1. The number of carbonyl (C=O) groups excluding carboxylic acids is 1. The number of fused-ring (bicyclic) bond motifs is 1. The van der Waals surface area contributed by atoms with E-state index in [1.54, 1.807) is 32.0 Å². The van der Waals surface area contributed by atoms with Gasteiger partial charge in [-0.1, -0.05) is 24.3 Å². The molecule has 4 aromatic rings. The van der Waals surface area contributed by atoms with Crippen LogP contribution < -0.4 is 19.9 Å². The number of aliphatic imine (C=N–C) groups is 1. The Labute approximate surface area is 269 Å². The quantitative estimate of drug-likeness (QED) is 0.207. The molecule has 0 spiro atoms. The molecule has 1 amide bonds. The fraction of sp³-hybridized carbons (Fsp3) is 0.294. The largest absolute Gasteiger partial charge is 0.491 e. The number of carbonyl (C=O) groups is 1. The van der Waals surface area contributed by atoms with Crippen molar-refractivity contribution in [3.8, 4) is 23.1 Å². The van der Waals surface area contributed by atoms with E-state index >= 15 is 4.39 Å². The van der Waals surface area contributed by atoms with Crippen LogP contribution in [0.4, 0.5) is 8.78 Å². The number of ether oxygens (including phenoxy) is 5. The second-order valence-electron chi connectivity index (χ2n) is 10.8. The Bertz CT molecular complexity index is 1900. The molecule has 1 aliphatic heterocycles. The van der Waals surface area contributed by atoms with Gasteiger partial charge in [0.25, 0.3) is 17.5 Å². The van der Waals surface area contributed by atoms with Crippen LogP contribution in [0, 0.1) is 12.7 Å². The number of benzene rings is 2. The molecule has 2 atom stereocenters. The van der Waals surface area contributed by atoms with E-state index in [9.17, 15) is 14.3 Å². The Morgan fingerprint density at radius 1 is 0.979 bits per heavy atom. The van der Waals surface area contributed by atoms with Gasteiger partial charge in [-0.2, -0.15) is 0 Å². The number of pyridine rings is 2. The summed E-state index contributed by atoms with van der Waals surface area (Å²) in [6.07, 6.45) is 1.48. The van der Waals surface area contributed by atoms with Gasteiger partial charge in [0.2, 0.25) is 0 Å². The molecule has 1 aliphatic rings. The van der Waals surface area contributed by atoms with E-state index in [1.165, 1.54) is 63.9 Å². The molecule has 0 fully saturated rings. The zero-order valence-electron chi connectivity index (χ0n) is 26.5. The summed E-state index contributed by atoms with van der Waals surface area (Å²) >= 11 is 0. The average molecular weight is 649 g/mol. The smallest absolute Gasteiger partial charge is 0.265 e. The van der Waals surface area contributed by atoms with Crippen LogP contribution in [0.5, 0.6) is 23.1 Å². The Kier molecular flexibility index (Phi) is 9.52. The predicted molar refractivity (Wildman–Crippen MR) is 170 cm³/mol. The average Bonchev–Trinajstić information content (AvgIpc) is 3.04. The third-order valence-electron chi connectivity index (χ3n) is 7.85. The SMILES string of the molecule is COCCOc1nc2c(Oc3ccccc3C3(O)C(c4ccc(F)cc4C)=C(C)N=C(COC)C3(F)C(N)=O)ccnc2cc1OC. The molecule has 5 rings (SSSR count). The summed E-state index contributed by atoms with van der Waals surface area (Å²) < 4.78 is 59.8. The normalized spacial score (nSPS) is 19.4. The standard InChI is InChI=1S/C34H34F2N4O7/c1-19-16-21(35)10-11-22(19)29-20(2)39-28(18-44-4)33(36,32(37)41)34(29,42)23-8-6-7-9-25(23)47-26-12-13-38-24-17-27(45-5)31(40-30(24)26)46-15-14-43-3/h6-13,16-17,42H,14-15,18H2,1-5H3,(H2,37,41). The maximum Gasteiger partial charge on any atom is 0.265 e. The molecule has 3 N–H and O–H groups in total. The van der Waals surface area contributed by atoms with E-state index in [-0.39, 0.29) is 51.9 Å². The highest BCUT2D eigenvalue weighted by Crippen LogP contribution is 2.54. The van der Waals surface area contributed by atoms with Crippen LogP contribution in [0.2, 0.25) is 0 Å². The van der Waals surface area contributed by atoms with Crippen LogP contribution in [0.1, 0.15) is 23.6 Å². The van der Waals surface area contributed by atoms with Gasteiger partial charge in [0.05, 0.1) is 31.6 Å². The third kappa shape index (κ3) is 5.77. The van der Waals surface area contributed by atoms with Crippen LogP contribution in [0.15, 0.2) is 71.5 Å². The molecule has 0 saturated heterocycles. The highest BCUT2D eigenvalue weighted by atomic mass is 19.1. The van der Waals surface area contributed by atoms with Crippen molar-refractivity contribution in [3.05, 3.63) is 89.0 Å². The van der Waals surface area contributed by atoms with Crippen molar-refractivity contribution >= 4 is 28.2 Å². The molecule has 2 aromatic heterocycles. The number of alkyl halides is 1. The summed E-state index contributed by atoms with van der Waals surface area (Å²) in [4.78, 5) is 26.5. The number of allylic oxidation sites excluding steroid dienone is 1. The number of hydrogen-bond donors (Lipinski definition) is 2. The van der Waals surface area contributed by atoms with Gasteiger partial charge in [-0.15, -0.1) is 0 Å². The number of halogens is 2. The second kappa shape index (κ2) is 13.4. The molecule has 47 heavy (non-hydrogen) atoms. The number of nitrogens with zero attached hydrogens (tertiary/aromatic N) is 3. The number of rotatable bonds is 12. The van der Waals surface area contributed by atoms with Gasteiger partial charge in [-0.3, -0.25) is 14.8 Å². The number of aryl methyl sites for hydroxylation is 1. The van der Waals surface area contributed by atoms with Gasteiger partial charge in [0.15, 0.2) is 17.1 Å². The predicted octanol–water partition coefficient (Wildman–Crippen LogP) is 4.82. The van der Waals surface area contributed by atoms with Crippen molar-refractivity contribution in [1.29, 1.82) is 0 Å². The van der Waals surface area contributed by atoms with Crippen molar-refractivity contribution in [2.24, 2.45) is 10.7 Å². The lowest BCUT2D eigenvalue weighted by Crippen LogP contribution is -2.64. The van der Waals surface area contributed by atoms with Crippen molar-refractivity contribution in [3.63, 3.8) is 0 Å². The van der Waals surface area contributed by atoms with Crippen molar-refractivity contribution < 1.29 is 42.4 Å². The molecule has 2 aromatic carbocycles. The maximum atomic E-state index is 17.7. The van der Waals surface area contributed by atoms with Gasteiger partial charge >= 0.3 is 0 Å². The fourth-order valence-electron chi connectivity index (χ4n) is 5.72. The van der Waals surface area contributed by atoms with E-state index < -0.39 is 35.3 Å². The molecule has 0 bridgehead atoms. The van der Waals surface area contributed by atoms with Crippen molar-refractivity contribution in [2.75, 3.05) is 41.2 Å². The summed E-state index contributed by atoms with van der Waals surface area (Å²) in [6.45, 7) is 3.15. The molecular weight excluding hydrogens is 614 g/mol. The third-order valence-corrected chi connectivity index (χ3v) is 7.85. The van der Waals surface area contributed by atoms with Gasteiger partial charge in [0.1, 0.15) is 23.7 Å². The van der Waals surface area contributed by atoms with Gasteiger partial charge < -0.3 is 34.5 Å². The van der Waals surface area contributed by atoms with Gasteiger partial charge in [-0.05, 0) is 43.2 Å². The Hall–Kier alpha value is -4.98. The number of amides is 1. The van der Waals surface area contributed by atoms with Crippen molar-refractivity contribution in [1.82, 2.24) is 9.97 Å². The monoisotopic (exact) mass is 648 g/mol. The summed E-state index contributed by atoms with van der Waals surface area (Å²) in [7, 11) is 4.30. The van der Waals surface area contributed by atoms with Crippen LogP contribution in [-0.4, -0.2) is 73.5 Å². The van der Waals surface area contributed by atoms with Crippen LogP contribution >= 0.6 is 0 Å². The first-order valence-electron chi connectivity index (χ1n) is 14.5. The van der Waals surface area contributed by atoms with E-state index in [0.717, 1.165) is 0 Å². The fourth-order valence-corrected chi connectivity index (χ4v) is 5.72. The Morgan fingerprint density at radius 3 is 2.43 bits per heavy atom. The van der Waals surface area contributed by atoms with E-state index in [1.807, 2.05) is 0 Å². The molecular formula is C34H34F2N4O7. The lowest BCUT2D eigenvalue weighted by atomic mass is 9.66. The molecule has 2 unspecified atom stereocenters. The van der Waals surface area contributed by atoms with Crippen molar-refractivity contribution in [2.45, 2.75) is 25.1 Å². The first-order valence-corrected chi connectivity index (χ1v) is 14.5. The zero-order chi connectivity index (χ0) is 33.9. The van der Waals surface area contributed by atoms with E-state index in [0.29, 0.717) is 23.4 Å². The first-order chi connectivity index (χ1) is 22.5. The number of nitrogens with two attached hydrogens (primary N) is 1. The zero-order valence-corrected chi connectivity index (χ0v) is 26.5. The number of aliphatic hydroxyl groups is 1. The molecule has 0 aliphatic carbocycles. The second-order valence-corrected chi connectivity index (χ2v) is 10.8. The molecule has 13 heteroatoms. The Balaban J connectivity index is 1.75. The number of methoxy groups -OCH3 is 3. The number of aromatic nitrogens is 2. The lowest BCUT2D eigenvalue weighted by Gasteiger charge is -2.45. The maximum absolute atomic E-state index is 17.7. The van der Waals surface area contributed by atoms with Crippen LogP contribution in [0.25, 0.3) is 16.6 Å². The van der Waals surface area contributed by atoms with Gasteiger partial charge in [0, 0.05) is 49.4 Å². The topological polar surface area (TPSA) is 148 Å². The van der Waals surface area contributed by atoms with Gasteiger partial charge in [-0.25, -0.2) is 13.8 Å². The highest BCUT2D eigenvalue weighted by molar-refractivity contribution is 6.17. The van der Waals surface area contributed by atoms with E-state index in [4.69, 9.17) is 29.4 Å². The minimum Gasteiger partial charge on any atom is -0.491 e. The summed E-state index contributed by atoms with van der Waals surface area (Å²) in [6, 6.07) is 13.0. The molecule has 246 valence electrons. The molecule has 11 nitrogen and oxygen atoms in total. The molecule has 0 saturated carbocycles. The minimum absolute atomic E-state index is 0.0472. The lowest BCUT2D eigenvalue weighted by molar-refractivity contribution is -0.137. The summed E-state index contributed by atoms with van der Waals surface area (Å²) in [5, 5.41) is 12.9. The number of hydrogen-bond acceptors (Lipinski definition) is 10. The minimum atomic E-state index is -3.34.